The summed E-state index contributed by atoms with van der Waals surface area (Å²) in [5.41, 5.74) is 1.24. The second-order valence-electron chi connectivity index (χ2n) is 6.28. The molecule has 2 amide bonds. The van der Waals surface area contributed by atoms with Crippen molar-refractivity contribution in [1.29, 1.82) is 0 Å². The molecule has 1 aliphatic rings. The van der Waals surface area contributed by atoms with E-state index in [4.69, 9.17) is 4.74 Å². The Balaban J connectivity index is 1.70. The third-order valence-electron chi connectivity index (χ3n) is 4.49. The van der Waals surface area contributed by atoms with Crippen LogP contribution in [0.4, 0.5) is 5.82 Å². The topological polar surface area (TPSA) is 87.7 Å². The smallest absolute Gasteiger partial charge is 0.318 e. The summed E-state index contributed by atoms with van der Waals surface area (Å²) in [4.78, 5) is 36.6. The molecule has 1 fully saturated rings. The molecule has 0 aliphatic carbocycles. The molecule has 0 spiro atoms. The summed E-state index contributed by atoms with van der Waals surface area (Å²) in [6.07, 6.45) is 1.32. The molecule has 0 radical (unpaired) electrons. The van der Waals surface area contributed by atoms with Gasteiger partial charge >= 0.3 is 6.01 Å². The van der Waals surface area contributed by atoms with Gasteiger partial charge in [-0.05, 0) is 11.6 Å². The number of anilines is 1. The summed E-state index contributed by atoms with van der Waals surface area (Å²) in [6, 6.07) is 11.4. The first kappa shape index (κ1) is 19.3. The van der Waals surface area contributed by atoms with Crippen molar-refractivity contribution in [2.75, 3.05) is 38.2 Å². The van der Waals surface area contributed by atoms with Crippen LogP contribution in [0.5, 0.6) is 6.01 Å². The molecule has 1 aliphatic heterocycles. The van der Waals surface area contributed by atoms with E-state index in [9.17, 15) is 9.59 Å². The number of rotatable bonds is 6. The van der Waals surface area contributed by atoms with Crippen LogP contribution in [-0.4, -0.2) is 60.0 Å². The first-order valence-electron chi connectivity index (χ1n) is 9.02. The quantitative estimate of drug-likeness (QED) is 0.758. The minimum Gasteiger partial charge on any atom is -0.467 e. The molecule has 0 unspecified atom stereocenters. The second-order valence-corrected chi connectivity index (χ2v) is 6.28. The number of hydrogen-bond acceptors (Lipinski definition) is 6. The summed E-state index contributed by atoms with van der Waals surface area (Å²) in [5.74, 6) is 0.217. The number of ether oxygens (including phenoxy) is 1. The Morgan fingerprint density at radius 3 is 2.54 bits per heavy atom. The molecular weight excluding hydrogens is 358 g/mol. The van der Waals surface area contributed by atoms with Crippen LogP contribution in [0.2, 0.25) is 0 Å². The predicted molar refractivity (Wildman–Crippen MR) is 105 cm³/mol. The zero-order chi connectivity index (χ0) is 19.9. The van der Waals surface area contributed by atoms with Crippen LogP contribution >= 0.6 is 0 Å². The van der Waals surface area contributed by atoms with E-state index in [0.29, 0.717) is 38.5 Å². The van der Waals surface area contributed by atoms with Crippen LogP contribution in [-0.2, 0) is 11.3 Å². The molecule has 28 heavy (non-hydrogen) atoms. The Bertz CT molecular complexity index is 848. The van der Waals surface area contributed by atoms with Gasteiger partial charge in [-0.1, -0.05) is 36.9 Å². The van der Waals surface area contributed by atoms with Gasteiger partial charge in [0.2, 0.25) is 5.91 Å². The highest BCUT2D eigenvalue weighted by atomic mass is 16.5. The lowest BCUT2D eigenvalue weighted by atomic mass is 10.2. The van der Waals surface area contributed by atoms with Crippen LogP contribution < -0.4 is 15.0 Å². The summed E-state index contributed by atoms with van der Waals surface area (Å²) >= 11 is 0. The maximum absolute atomic E-state index is 12.6. The van der Waals surface area contributed by atoms with Crippen LogP contribution in [0.25, 0.3) is 0 Å². The number of nitrogens with zero attached hydrogens (tertiary/aromatic N) is 4. The van der Waals surface area contributed by atoms with Crippen molar-refractivity contribution in [3.8, 4) is 6.01 Å². The SMILES string of the molecule is C=CC(=O)N1CCN(c2cc(C(=O)NCc3ccccc3)nc(OC)n2)CC1. The van der Waals surface area contributed by atoms with Crippen molar-refractivity contribution in [3.63, 3.8) is 0 Å². The van der Waals surface area contributed by atoms with E-state index in [1.54, 1.807) is 11.0 Å². The molecule has 8 heteroatoms. The molecule has 8 nitrogen and oxygen atoms in total. The summed E-state index contributed by atoms with van der Waals surface area (Å²) in [5, 5.41) is 2.86. The van der Waals surface area contributed by atoms with E-state index in [0.717, 1.165) is 5.56 Å². The van der Waals surface area contributed by atoms with Gasteiger partial charge in [0.15, 0.2) is 0 Å². The number of piperazine rings is 1. The summed E-state index contributed by atoms with van der Waals surface area (Å²) in [6.45, 7) is 6.25. The highest BCUT2D eigenvalue weighted by Crippen LogP contribution is 2.18. The van der Waals surface area contributed by atoms with Gasteiger partial charge in [0.05, 0.1) is 7.11 Å². The van der Waals surface area contributed by atoms with E-state index in [1.165, 1.54) is 13.2 Å². The number of benzene rings is 1. The number of carbonyl (C=O) groups is 2. The number of aromatic nitrogens is 2. The van der Waals surface area contributed by atoms with Crippen molar-refractivity contribution < 1.29 is 14.3 Å². The monoisotopic (exact) mass is 381 g/mol. The highest BCUT2D eigenvalue weighted by Gasteiger charge is 2.22. The fourth-order valence-corrected chi connectivity index (χ4v) is 2.94. The maximum Gasteiger partial charge on any atom is 0.318 e. The number of nitrogens with one attached hydrogen (secondary N) is 1. The van der Waals surface area contributed by atoms with Gasteiger partial charge in [-0.2, -0.15) is 9.97 Å². The average molecular weight is 381 g/mol. The second kappa shape index (κ2) is 8.98. The van der Waals surface area contributed by atoms with Gasteiger partial charge in [-0.3, -0.25) is 9.59 Å². The zero-order valence-electron chi connectivity index (χ0n) is 15.8. The molecule has 3 rings (SSSR count). The van der Waals surface area contributed by atoms with Crippen molar-refractivity contribution >= 4 is 17.6 Å². The first-order chi connectivity index (χ1) is 13.6. The lowest BCUT2D eigenvalue weighted by Crippen LogP contribution is -2.48. The zero-order valence-corrected chi connectivity index (χ0v) is 15.8. The number of methoxy groups -OCH3 is 1. The Hall–Kier alpha value is -3.42. The first-order valence-corrected chi connectivity index (χ1v) is 9.02. The van der Waals surface area contributed by atoms with Crippen LogP contribution in [0.1, 0.15) is 16.1 Å². The van der Waals surface area contributed by atoms with Crippen LogP contribution in [0.15, 0.2) is 49.1 Å². The van der Waals surface area contributed by atoms with E-state index in [-0.39, 0.29) is 23.5 Å². The molecule has 1 aromatic carbocycles. The predicted octanol–water partition coefficient (Wildman–Crippen LogP) is 1.25. The molecule has 0 saturated carbocycles. The standard InChI is InChI=1S/C20H23N5O3/c1-3-18(26)25-11-9-24(10-12-25)17-13-16(22-20(23-17)28-2)19(27)21-14-15-7-5-4-6-8-15/h3-8,13H,1,9-12,14H2,2H3,(H,21,27). The van der Waals surface area contributed by atoms with Gasteiger partial charge < -0.3 is 19.9 Å². The molecule has 0 atom stereocenters. The molecular formula is C20H23N5O3. The fraction of sp³-hybridized carbons (Fsp3) is 0.300. The Kier molecular flexibility index (Phi) is 6.21. The van der Waals surface area contributed by atoms with Gasteiger partial charge in [-0.25, -0.2) is 0 Å². The van der Waals surface area contributed by atoms with Crippen molar-refractivity contribution in [1.82, 2.24) is 20.2 Å². The molecule has 0 bridgehead atoms. The lowest BCUT2D eigenvalue weighted by Gasteiger charge is -2.35. The molecule has 2 heterocycles. The summed E-state index contributed by atoms with van der Waals surface area (Å²) in [7, 11) is 1.46. The third kappa shape index (κ3) is 4.64. The van der Waals surface area contributed by atoms with Gasteiger partial charge in [0, 0.05) is 38.8 Å². The van der Waals surface area contributed by atoms with Crippen molar-refractivity contribution in [2.45, 2.75) is 6.54 Å². The minimum absolute atomic E-state index is 0.0825. The maximum atomic E-state index is 12.6. The Morgan fingerprint density at radius 1 is 1.18 bits per heavy atom. The minimum atomic E-state index is -0.300. The molecule has 2 aromatic rings. The highest BCUT2D eigenvalue weighted by molar-refractivity contribution is 5.93. The lowest BCUT2D eigenvalue weighted by molar-refractivity contribution is -0.126. The number of hydrogen-bond donors (Lipinski definition) is 1. The van der Waals surface area contributed by atoms with E-state index < -0.39 is 0 Å². The van der Waals surface area contributed by atoms with Crippen LogP contribution in [0, 0.1) is 0 Å². The largest absolute Gasteiger partial charge is 0.467 e. The molecule has 1 N–H and O–H groups in total. The Labute approximate surface area is 163 Å². The van der Waals surface area contributed by atoms with Gasteiger partial charge in [0.1, 0.15) is 11.5 Å². The third-order valence-corrected chi connectivity index (χ3v) is 4.49. The normalized spacial score (nSPS) is 13.8. The van der Waals surface area contributed by atoms with Crippen molar-refractivity contribution in [3.05, 3.63) is 60.3 Å². The fourth-order valence-electron chi connectivity index (χ4n) is 2.94. The Morgan fingerprint density at radius 2 is 1.89 bits per heavy atom. The van der Waals surface area contributed by atoms with Gasteiger partial charge in [-0.15, -0.1) is 0 Å². The van der Waals surface area contributed by atoms with Crippen molar-refractivity contribution in [2.24, 2.45) is 0 Å². The van der Waals surface area contributed by atoms with E-state index in [2.05, 4.69) is 21.9 Å². The average Bonchev–Trinajstić information content (AvgIpc) is 2.77. The molecule has 1 saturated heterocycles. The molecule has 146 valence electrons. The summed E-state index contributed by atoms with van der Waals surface area (Å²) < 4.78 is 5.17. The number of carbonyl (C=O) groups excluding carboxylic acids is 2. The van der Waals surface area contributed by atoms with Crippen LogP contribution in [0.3, 0.4) is 0 Å². The van der Waals surface area contributed by atoms with E-state index in [1.807, 2.05) is 35.2 Å². The molecule has 1 aromatic heterocycles. The van der Waals surface area contributed by atoms with E-state index >= 15 is 0 Å². The van der Waals surface area contributed by atoms with Gasteiger partial charge in [0.25, 0.3) is 5.91 Å². The number of amides is 2.